The minimum atomic E-state index is -3.95. The van der Waals surface area contributed by atoms with Crippen LogP contribution in [0.15, 0.2) is 41.3 Å². The number of nitrogens with two attached hydrogens (primary N) is 1. The van der Waals surface area contributed by atoms with Gasteiger partial charge in [-0.25, -0.2) is 17.2 Å². The van der Waals surface area contributed by atoms with Crippen LogP contribution in [-0.4, -0.2) is 8.42 Å². The van der Waals surface area contributed by atoms with E-state index in [1.165, 1.54) is 12.1 Å². The molecule has 0 aliphatic heterocycles. The van der Waals surface area contributed by atoms with Crippen LogP contribution in [0.3, 0.4) is 0 Å². The third-order valence-corrected chi connectivity index (χ3v) is 4.62. The fourth-order valence-electron chi connectivity index (χ4n) is 1.70. The van der Waals surface area contributed by atoms with E-state index in [0.29, 0.717) is 0 Å². The predicted molar refractivity (Wildman–Crippen MR) is 73.1 cm³/mol. The van der Waals surface area contributed by atoms with Crippen molar-refractivity contribution in [3.63, 3.8) is 0 Å². The number of hydrogen-bond donors (Lipinski definition) is 1. The van der Waals surface area contributed by atoms with Crippen molar-refractivity contribution in [3.05, 3.63) is 58.6 Å². The van der Waals surface area contributed by atoms with Gasteiger partial charge in [0.25, 0.3) is 0 Å². The fraction of sp³-hybridized carbons (Fsp3) is 0.0769. The molecule has 2 aromatic rings. The molecule has 0 saturated heterocycles. The lowest BCUT2D eigenvalue weighted by atomic mass is 10.2. The lowest BCUT2D eigenvalue weighted by molar-refractivity contribution is 0.584. The number of sulfone groups is 1. The number of halogens is 3. The van der Waals surface area contributed by atoms with E-state index in [0.717, 1.165) is 24.3 Å². The van der Waals surface area contributed by atoms with E-state index in [1.54, 1.807) is 0 Å². The summed E-state index contributed by atoms with van der Waals surface area (Å²) >= 11 is 5.59. The molecular formula is C13H10ClF2NO2S. The van der Waals surface area contributed by atoms with Crippen LogP contribution in [0.4, 0.5) is 14.5 Å². The first kappa shape index (κ1) is 14.7. The molecule has 2 N–H and O–H groups in total. The average Bonchev–Trinajstić information content (AvgIpc) is 2.35. The smallest absolute Gasteiger partial charge is 0.184 e. The Hall–Kier alpha value is -1.66. The first-order chi connectivity index (χ1) is 9.29. The highest BCUT2D eigenvalue weighted by Crippen LogP contribution is 2.25. The Bertz CT molecular complexity index is 763. The molecule has 2 rings (SSSR count). The third-order valence-electron chi connectivity index (χ3n) is 2.67. The van der Waals surface area contributed by atoms with E-state index in [4.69, 9.17) is 17.3 Å². The Morgan fingerprint density at radius 3 is 2.45 bits per heavy atom. The SMILES string of the molecule is Nc1ccc(F)cc1S(=O)(=O)Cc1ccc(Cl)cc1F. The lowest BCUT2D eigenvalue weighted by Crippen LogP contribution is -2.09. The maximum absolute atomic E-state index is 13.6. The Balaban J connectivity index is 2.43. The third kappa shape index (κ3) is 3.08. The Morgan fingerprint density at radius 1 is 1.10 bits per heavy atom. The van der Waals surface area contributed by atoms with E-state index in [2.05, 4.69) is 0 Å². The Morgan fingerprint density at radius 2 is 1.80 bits per heavy atom. The highest BCUT2D eigenvalue weighted by molar-refractivity contribution is 7.90. The zero-order chi connectivity index (χ0) is 14.9. The normalized spacial score (nSPS) is 11.6. The maximum atomic E-state index is 13.6. The van der Waals surface area contributed by atoms with Crippen LogP contribution in [0.1, 0.15) is 5.56 Å². The summed E-state index contributed by atoms with van der Waals surface area (Å²) < 4.78 is 51.1. The molecule has 0 aliphatic rings. The zero-order valence-corrected chi connectivity index (χ0v) is 11.7. The number of benzene rings is 2. The molecule has 20 heavy (non-hydrogen) atoms. The second kappa shape index (κ2) is 5.38. The second-order valence-corrected chi connectivity index (χ2v) is 6.57. The van der Waals surface area contributed by atoms with Crippen molar-refractivity contribution in [1.82, 2.24) is 0 Å². The van der Waals surface area contributed by atoms with E-state index in [-0.39, 0.29) is 21.2 Å². The molecule has 0 bridgehead atoms. The molecule has 2 aromatic carbocycles. The van der Waals surface area contributed by atoms with E-state index in [9.17, 15) is 17.2 Å². The van der Waals surface area contributed by atoms with Crippen molar-refractivity contribution in [2.24, 2.45) is 0 Å². The van der Waals surface area contributed by atoms with Crippen LogP contribution in [0, 0.1) is 11.6 Å². The van der Waals surface area contributed by atoms with Gasteiger partial charge in [-0.2, -0.15) is 0 Å². The van der Waals surface area contributed by atoms with Crippen molar-refractivity contribution in [2.45, 2.75) is 10.6 Å². The first-order valence-corrected chi connectivity index (χ1v) is 7.54. The maximum Gasteiger partial charge on any atom is 0.184 e. The van der Waals surface area contributed by atoms with Gasteiger partial charge < -0.3 is 5.73 Å². The first-order valence-electron chi connectivity index (χ1n) is 5.51. The zero-order valence-electron chi connectivity index (χ0n) is 10.1. The van der Waals surface area contributed by atoms with Gasteiger partial charge in [-0.05, 0) is 30.3 Å². The van der Waals surface area contributed by atoms with Crippen LogP contribution in [0.5, 0.6) is 0 Å². The summed E-state index contributed by atoms with van der Waals surface area (Å²) in [6.45, 7) is 0. The second-order valence-electron chi connectivity index (χ2n) is 4.18. The minimum Gasteiger partial charge on any atom is -0.398 e. The van der Waals surface area contributed by atoms with Gasteiger partial charge in [0.15, 0.2) is 9.84 Å². The standard InChI is InChI=1S/C13H10ClF2NO2S/c14-9-2-1-8(11(16)5-9)7-20(18,19)13-6-10(15)3-4-12(13)17/h1-6H,7,17H2. The summed E-state index contributed by atoms with van der Waals surface area (Å²) in [5, 5.41) is 0.161. The number of hydrogen-bond acceptors (Lipinski definition) is 3. The van der Waals surface area contributed by atoms with Gasteiger partial charge >= 0.3 is 0 Å². The van der Waals surface area contributed by atoms with Gasteiger partial charge in [0.1, 0.15) is 11.6 Å². The summed E-state index contributed by atoms with van der Waals surface area (Å²) in [7, 11) is -3.95. The predicted octanol–water partition coefficient (Wildman–Crippen LogP) is 3.17. The topological polar surface area (TPSA) is 60.2 Å². The molecule has 0 spiro atoms. The molecule has 0 heterocycles. The highest BCUT2D eigenvalue weighted by Gasteiger charge is 2.21. The van der Waals surface area contributed by atoms with Crippen LogP contribution in [0.2, 0.25) is 5.02 Å². The Kier molecular flexibility index (Phi) is 3.96. The van der Waals surface area contributed by atoms with Gasteiger partial charge in [0.2, 0.25) is 0 Å². The van der Waals surface area contributed by atoms with Crippen LogP contribution in [0.25, 0.3) is 0 Å². The molecule has 0 atom stereocenters. The summed E-state index contributed by atoms with van der Waals surface area (Å²) in [4.78, 5) is -0.355. The molecule has 0 aromatic heterocycles. The summed E-state index contributed by atoms with van der Waals surface area (Å²) in [5.74, 6) is -2.09. The average molecular weight is 318 g/mol. The highest BCUT2D eigenvalue weighted by atomic mass is 35.5. The Labute approximate surface area is 119 Å². The fourth-order valence-corrected chi connectivity index (χ4v) is 3.38. The lowest BCUT2D eigenvalue weighted by Gasteiger charge is -2.08. The van der Waals surface area contributed by atoms with E-state index < -0.39 is 27.2 Å². The van der Waals surface area contributed by atoms with Crippen molar-refractivity contribution < 1.29 is 17.2 Å². The van der Waals surface area contributed by atoms with E-state index >= 15 is 0 Å². The van der Waals surface area contributed by atoms with Crippen molar-refractivity contribution >= 4 is 27.1 Å². The summed E-state index contributed by atoms with van der Waals surface area (Å²) in [6, 6.07) is 6.69. The molecule has 0 fully saturated rings. The largest absolute Gasteiger partial charge is 0.398 e. The molecule has 0 amide bonds. The number of nitrogen functional groups attached to an aromatic ring is 1. The molecule has 106 valence electrons. The minimum absolute atomic E-state index is 0.0574. The molecular weight excluding hydrogens is 308 g/mol. The summed E-state index contributed by atoms with van der Waals surface area (Å²) in [6.07, 6.45) is 0. The van der Waals surface area contributed by atoms with Crippen molar-refractivity contribution in [3.8, 4) is 0 Å². The van der Waals surface area contributed by atoms with E-state index in [1.807, 2.05) is 0 Å². The van der Waals surface area contributed by atoms with Crippen molar-refractivity contribution in [2.75, 3.05) is 5.73 Å². The molecule has 0 saturated carbocycles. The van der Waals surface area contributed by atoms with Gasteiger partial charge in [-0.3, -0.25) is 0 Å². The van der Waals surface area contributed by atoms with Gasteiger partial charge in [-0.1, -0.05) is 17.7 Å². The summed E-state index contributed by atoms with van der Waals surface area (Å²) in [5.41, 5.74) is 5.39. The van der Waals surface area contributed by atoms with Crippen molar-refractivity contribution in [1.29, 1.82) is 0 Å². The molecule has 7 heteroatoms. The molecule has 0 radical (unpaired) electrons. The molecule has 3 nitrogen and oxygen atoms in total. The number of rotatable bonds is 3. The van der Waals surface area contributed by atoms with Gasteiger partial charge in [0.05, 0.1) is 16.3 Å². The monoisotopic (exact) mass is 317 g/mol. The number of anilines is 1. The van der Waals surface area contributed by atoms with Crippen LogP contribution in [-0.2, 0) is 15.6 Å². The molecule has 0 unspecified atom stereocenters. The quantitative estimate of drug-likeness (QED) is 0.884. The van der Waals surface area contributed by atoms with Gasteiger partial charge in [0, 0.05) is 10.6 Å². The van der Waals surface area contributed by atoms with Gasteiger partial charge in [-0.15, -0.1) is 0 Å². The van der Waals surface area contributed by atoms with Crippen LogP contribution >= 0.6 is 11.6 Å². The van der Waals surface area contributed by atoms with Crippen LogP contribution < -0.4 is 5.73 Å². The molecule has 0 aliphatic carbocycles.